The highest BCUT2D eigenvalue weighted by Gasteiger charge is 2.47. The minimum Gasteiger partial charge on any atom is -0.507 e. The van der Waals surface area contributed by atoms with Crippen molar-refractivity contribution < 1.29 is 24.2 Å². The summed E-state index contributed by atoms with van der Waals surface area (Å²) in [5.41, 5.74) is 2.69. The number of benzene rings is 3. The van der Waals surface area contributed by atoms with Gasteiger partial charge in [-0.25, -0.2) is 0 Å². The summed E-state index contributed by atoms with van der Waals surface area (Å²) in [5, 5.41) is 11.3. The molecule has 1 fully saturated rings. The zero-order valence-electron chi connectivity index (χ0n) is 19.4. The molecule has 0 radical (unpaired) electrons. The van der Waals surface area contributed by atoms with E-state index in [4.69, 9.17) is 9.47 Å². The molecule has 1 N–H and O–H groups in total. The molecule has 1 atom stereocenters. The summed E-state index contributed by atoms with van der Waals surface area (Å²) in [7, 11) is 1.54. The molecule has 1 aliphatic heterocycles. The Kier molecular flexibility index (Phi) is 6.68. The fourth-order valence-corrected chi connectivity index (χ4v) is 4.10. The molecule has 3 aromatic rings. The van der Waals surface area contributed by atoms with E-state index in [9.17, 15) is 14.7 Å². The molecule has 6 nitrogen and oxygen atoms in total. The van der Waals surface area contributed by atoms with E-state index in [0.29, 0.717) is 29.4 Å². The summed E-state index contributed by atoms with van der Waals surface area (Å²) in [5.74, 6) is -0.435. The summed E-state index contributed by atoms with van der Waals surface area (Å²) in [6.45, 7) is 4.55. The maximum absolute atomic E-state index is 13.3. The zero-order chi connectivity index (χ0) is 24.2. The predicted molar refractivity (Wildman–Crippen MR) is 131 cm³/mol. The molecule has 0 aromatic heterocycles. The van der Waals surface area contributed by atoms with Crippen LogP contribution in [0, 0.1) is 6.92 Å². The number of aliphatic hydroxyl groups excluding tert-OH is 1. The Morgan fingerprint density at radius 1 is 0.971 bits per heavy atom. The number of Topliss-reactive ketones (excluding diaryl/α,β-unsaturated/α-hetero) is 1. The smallest absolute Gasteiger partial charge is 0.300 e. The highest BCUT2D eigenvalue weighted by molar-refractivity contribution is 6.51. The molecule has 1 heterocycles. The topological polar surface area (TPSA) is 76.1 Å². The van der Waals surface area contributed by atoms with Crippen LogP contribution in [-0.2, 0) is 9.59 Å². The van der Waals surface area contributed by atoms with Gasteiger partial charge >= 0.3 is 0 Å². The van der Waals surface area contributed by atoms with E-state index in [1.807, 2.05) is 38.1 Å². The van der Waals surface area contributed by atoms with Crippen LogP contribution in [0.3, 0.4) is 0 Å². The van der Waals surface area contributed by atoms with Gasteiger partial charge < -0.3 is 14.6 Å². The summed E-state index contributed by atoms with van der Waals surface area (Å²) < 4.78 is 10.9. The molecule has 0 saturated carbocycles. The van der Waals surface area contributed by atoms with Crippen molar-refractivity contribution in [3.63, 3.8) is 0 Å². The van der Waals surface area contributed by atoms with Gasteiger partial charge in [-0.3, -0.25) is 14.5 Å². The van der Waals surface area contributed by atoms with Crippen molar-refractivity contribution in [1.29, 1.82) is 0 Å². The molecule has 0 spiro atoms. The maximum atomic E-state index is 13.3. The van der Waals surface area contributed by atoms with Gasteiger partial charge in [0.1, 0.15) is 17.3 Å². The molecule has 1 saturated heterocycles. The average molecular weight is 458 g/mol. The van der Waals surface area contributed by atoms with E-state index < -0.39 is 17.7 Å². The Bertz CT molecular complexity index is 1250. The number of ketones is 1. The zero-order valence-corrected chi connectivity index (χ0v) is 19.4. The number of ether oxygens (including phenoxy) is 2. The van der Waals surface area contributed by atoms with Crippen LogP contribution in [0.15, 0.2) is 78.4 Å². The number of aryl methyl sites for hydroxylation is 1. The number of hydrogen-bond donors (Lipinski definition) is 1. The van der Waals surface area contributed by atoms with Crippen LogP contribution < -0.4 is 14.4 Å². The number of aliphatic hydroxyl groups is 1. The molecule has 1 amide bonds. The lowest BCUT2D eigenvalue weighted by atomic mass is 9.94. The second-order valence-corrected chi connectivity index (χ2v) is 8.16. The second-order valence-electron chi connectivity index (χ2n) is 8.16. The van der Waals surface area contributed by atoms with E-state index in [1.54, 1.807) is 55.6 Å². The van der Waals surface area contributed by atoms with Crippen LogP contribution in [-0.4, -0.2) is 30.5 Å². The van der Waals surface area contributed by atoms with Gasteiger partial charge in [0.2, 0.25) is 0 Å². The quantitative estimate of drug-likeness (QED) is 0.291. The van der Waals surface area contributed by atoms with Gasteiger partial charge in [-0.05, 0) is 55.3 Å². The van der Waals surface area contributed by atoms with Crippen LogP contribution in [0.2, 0.25) is 0 Å². The lowest BCUT2D eigenvalue weighted by Crippen LogP contribution is -2.29. The van der Waals surface area contributed by atoms with Gasteiger partial charge in [-0.15, -0.1) is 0 Å². The molecule has 0 aliphatic carbocycles. The first-order chi connectivity index (χ1) is 16.4. The predicted octanol–water partition coefficient (Wildman–Crippen LogP) is 5.42. The van der Waals surface area contributed by atoms with Gasteiger partial charge in [-0.1, -0.05) is 42.8 Å². The number of anilines is 1. The van der Waals surface area contributed by atoms with Crippen molar-refractivity contribution in [2.75, 3.05) is 18.6 Å². The molecule has 34 heavy (non-hydrogen) atoms. The lowest BCUT2D eigenvalue weighted by molar-refractivity contribution is -0.132. The number of rotatable bonds is 7. The Labute approximate surface area is 199 Å². The van der Waals surface area contributed by atoms with Crippen LogP contribution in [0.5, 0.6) is 11.5 Å². The first-order valence-corrected chi connectivity index (χ1v) is 11.2. The monoisotopic (exact) mass is 457 g/mol. The van der Waals surface area contributed by atoms with Gasteiger partial charge in [0.05, 0.1) is 25.3 Å². The molecule has 1 unspecified atom stereocenters. The van der Waals surface area contributed by atoms with Gasteiger partial charge in [0, 0.05) is 17.3 Å². The molecular formula is C28H27NO5. The van der Waals surface area contributed by atoms with Crippen LogP contribution in [0.4, 0.5) is 5.69 Å². The fourth-order valence-electron chi connectivity index (χ4n) is 4.10. The molecule has 0 bridgehead atoms. The van der Waals surface area contributed by atoms with Crippen molar-refractivity contribution >= 4 is 23.1 Å². The number of nitrogens with zero attached hydrogens (tertiary/aromatic N) is 1. The third-order valence-electron chi connectivity index (χ3n) is 5.73. The van der Waals surface area contributed by atoms with E-state index >= 15 is 0 Å². The number of amides is 1. The number of carbonyl (C=O) groups excluding carboxylic acids is 2. The van der Waals surface area contributed by atoms with Crippen molar-refractivity contribution in [1.82, 2.24) is 0 Å². The third kappa shape index (κ3) is 4.39. The highest BCUT2D eigenvalue weighted by atomic mass is 16.5. The Hall–Kier alpha value is -4.06. The largest absolute Gasteiger partial charge is 0.507 e. The summed E-state index contributed by atoms with van der Waals surface area (Å²) >= 11 is 0. The highest BCUT2D eigenvalue weighted by Crippen LogP contribution is 2.43. The van der Waals surface area contributed by atoms with E-state index in [0.717, 1.165) is 17.5 Å². The van der Waals surface area contributed by atoms with Crippen molar-refractivity contribution in [3.8, 4) is 11.5 Å². The molecule has 3 aromatic carbocycles. The Balaban J connectivity index is 1.86. The first-order valence-electron chi connectivity index (χ1n) is 11.2. The van der Waals surface area contributed by atoms with Crippen LogP contribution >= 0.6 is 0 Å². The van der Waals surface area contributed by atoms with Crippen molar-refractivity contribution in [2.45, 2.75) is 26.3 Å². The third-order valence-corrected chi connectivity index (χ3v) is 5.73. The summed E-state index contributed by atoms with van der Waals surface area (Å²) in [4.78, 5) is 28.0. The molecule has 4 rings (SSSR count). The fraction of sp³-hybridized carbons (Fsp3) is 0.214. The summed E-state index contributed by atoms with van der Waals surface area (Å²) in [6.07, 6.45) is 0.881. The Morgan fingerprint density at radius 2 is 1.71 bits per heavy atom. The first kappa shape index (κ1) is 23.1. The molecular weight excluding hydrogens is 430 g/mol. The Morgan fingerprint density at radius 3 is 2.38 bits per heavy atom. The lowest BCUT2D eigenvalue weighted by Gasteiger charge is -2.26. The van der Waals surface area contributed by atoms with Crippen LogP contribution in [0.1, 0.15) is 36.1 Å². The standard InChI is InChI=1S/C28H27NO5/c1-4-15-34-22-13-11-19(12-14-22)26(30)24-25(20-8-5-7-18(2)16-20)29(28(32)27(24)31)21-9-6-10-23(17-21)33-3/h5-14,16-17,25,30H,4,15H2,1-3H3/b26-24+. The number of methoxy groups -OCH3 is 1. The molecule has 174 valence electrons. The average Bonchev–Trinajstić information content (AvgIpc) is 3.13. The van der Waals surface area contributed by atoms with Crippen molar-refractivity contribution in [3.05, 3.63) is 95.1 Å². The normalized spacial score (nSPS) is 17.1. The van der Waals surface area contributed by atoms with E-state index in [1.165, 1.54) is 4.90 Å². The molecule has 1 aliphatic rings. The maximum Gasteiger partial charge on any atom is 0.300 e. The van der Waals surface area contributed by atoms with Gasteiger partial charge in [-0.2, -0.15) is 0 Å². The SMILES string of the molecule is CCCOc1ccc(/C(O)=C2\C(=O)C(=O)N(c3cccc(OC)c3)C2c2cccc(C)c2)cc1. The second kappa shape index (κ2) is 9.83. The number of carbonyl (C=O) groups is 2. The van der Waals surface area contributed by atoms with Gasteiger partial charge in [0.25, 0.3) is 11.7 Å². The van der Waals surface area contributed by atoms with Crippen LogP contribution in [0.25, 0.3) is 5.76 Å². The van der Waals surface area contributed by atoms with Gasteiger partial charge in [0.15, 0.2) is 0 Å². The van der Waals surface area contributed by atoms with Crippen molar-refractivity contribution in [2.24, 2.45) is 0 Å². The summed E-state index contributed by atoms with van der Waals surface area (Å²) in [6, 6.07) is 20.6. The minimum atomic E-state index is -0.789. The number of hydrogen-bond acceptors (Lipinski definition) is 5. The van der Waals surface area contributed by atoms with E-state index in [-0.39, 0.29) is 11.3 Å². The molecule has 6 heteroatoms. The minimum absolute atomic E-state index is 0.0423. The van der Waals surface area contributed by atoms with E-state index in [2.05, 4.69) is 0 Å².